The number of hydrogen-bond acceptors (Lipinski definition) is 3. The Morgan fingerprint density at radius 2 is 2.26 bits per heavy atom. The van der Waals surface area contributed by atoms with Gasteiger partial charge in [-0.25, -0.2) is 0 Å². The van der Waals surface area contributed by atoms with Gasteiger partial charge in [0.15, 0.2) is 0 Å². The van der Waals surface area contributed by atoms with Crippen molar-refractivity contribution in [1.82, 2.24) is 10.2 Å². The zero-order chi connectivity index (χ0) is 16.0. The third-order valence-electron chi connectivity index (χ3n) is 4.80. The highest BCUT2D eigenvalue weighted by molar-refractivity contribution is 6.05. The highest BCUT2D eigenvalue weighted by Crippen LogP contribution is 2.33. The second kappa shape index (κ2) is 5.22. The van der Waals surface area contributed by atoms with Crippen molar-refractivity contribution in [2.75, 3.05) is 22.9 Å². The summed E-state index contributed by atoms with van der Waals surface area (Å²) in [5.41, 5.74) is 4.20. The molecule has 23 heavy (non-hydrogen) atoms. The topological polar surface area (TPSA) is 69.3 Å². The number of aryl methyl sites for hydroxylation is 1. The molecule has 1 atom stereocenters. The zero-order valence-corrected chi connectivity index (χ0v) is 13.0. The molecule has 2 amide bonds. The number of nitrogens with zero attached hydrogens (tertiary/aromatic N) is 3. The fourth-order valence-corrected chi connectivity index (χ4v) is 3.57. The van der Waals surface area contributed by atoms with Gasteiger partial charge in [-0.2, -0.15) is 5.10 Å². The van der Waals surface area contributed by atoms with E-state index in [4.69, 9.17) is 0 Å². The minimum atomic E-state index is -0.288. The minimum absolute atomic E-state index is 0.0200. The molecule has 1 fully saturated rings. The molecular formula is C17H18N4O2. The molecule has 118 valence electrons. The Morgan fingerprint density at radius 3 is 3.04 bits per heavy atom. The Morgan fingerprint density at radius 1 is 1.39 bits per heavy atom. The highest BCUT2D eigenvalue weighted by Gasteiger charge is 2.39. The maximum absolute atomic E-state index is 12.9. The van der Waals surface area contributed by atoms with Crippen LogP contribution < -0.4 is 9.80 Å². The maximum Gasteiger partial charge on any atom is 0.232 e. The van der Waals surface area contributed by atoms with Crippen molar-refractivity contribution in [3.8, 4) is 0 Å². The fraction of sp³-hybridized carbons (Fsp3) is 0.353. The number of rotatable bonds is 2. The highest BCUT2D eigenvalue weighted by atomic mass is 16.2. The Hall–Kier alpha value is -2.63. The molecule has 1 aromatic carbocycles. The molecule has 1 unspecified atom stereocenters. The molecular weight excluding hydrogens is 292 g/mol. The van der Waals surface area contributed by atoms with E-state index in [-0.39, 0.29) is 24.2 Å². The van der Waals surface area contributed by atoms with Crippen LogP contribution >= 0.6 is 0 Å². The predicted molar refractivity (Wildman–Crippen MR) is 86.3 cm³/mol. The summed E-state index contributed by atoms with van der Waals surface area (Å²) in [6.45, 7) is 3.21. The number of hydrogen-bond donors (Lipinski definition) is 1. The van der Waals surface area contributed by atoms with Gasteiger partial charge < -0.3 is 9.80 Å². The average molecular weight is 310 g/mol. The normalized spacial score (nSPS) is 20.2. The first kappa shape index (κ1) is 14.0. The number of anilines is 2. The van der Waals surface area contributed by atoms with Gasteiger partial charge in [0.1, 0.15) is 0 Å². The second-order valence-electron chi connectivity index (χ2n) is 6.17. The standard InChI is InChI=1S/C17H18N4O2/c1-11-3-2-4-15-14(11)5-6-20(15)17(23)12-7-16(22)21(10-12)13-8-18-19-9-13/h2-4,8-9,12H,5-7,10H2,1H3,(H,18,19). The van der Waals surface area contributed by atoms with Crippen LogP contribution in [0.2, 0.25) is 0 Å². The van der Waals surface area contributed by atoms with Crippen molar-refractivity contribution in [2.24, 2.45) is 5.92 Å². The van der Waals surface area contributed by atoms with Gasteiger partial charge in [-0.3, -0.25) is 14.7 Å². The van der Waals surface area contributed by atoms with Crippen molar-refractivity contribution in [3.63, 3.8) is 0 Å². The number of amides is 2. The first-order chi connectivity index (χ1) is 11.1. The lowest BCUT2D eigenvalue weighted by atomic mass is 10.1. The molecule has 1 aromatic heterocycles. The lowest BCUT2D eigenvalue weighted by Crippen LogP contribution is -2.36. The summed E-state index contributed by atoms with van der Waals surface area (Å²) in [5, 5.41) is 6.58. The van der Waals surface area contributed by atoms with Crippen LogP contribution in [0.4, 0.5) is 11.4 Å². The van der Waals surface area contributed by atoms with E-state index in [2.05, 4.69) is 23.2 Å². The quantitative estimate of drug-likeness (QED) is 0.917. The Balaban J connectivity index is 1.56. The number of benzene rings is 1. The van der Waals surface area contributed by atoms with Crippen LogP contribution in [0.15, 0.2) is 30.6 Å². The van der Waals surface area contributed by atoms with Crippen LogP contribution in [-0.4, -0.2) is 35.1 Å². The van der Waals surface area contributed by atoms with Gasteiger partial charge in [-0.15, -0.1) is 0 Å². The van der Waals surface area contributed by atoms with Crippen LogP contribution in [-0.2, 0) is 16.0 Å². The van der Waals surface area contributed by atoms with E-state index < -0.39 is 0 Å². The summed E-state index contributed by atoms with van der Waals surface area (Å²) in [5.74, 6) is -0.258. The number of H-pyrrole nitrogens is 1. The molecule has 1 N–H and O–H groups in total. The van der Waals surface area contributed by atoms with E-state index in [9.17, 15) is 9.59 Å². The molecule has 6 heteroatoms. The third-order valence-corrected chi connectivity index (χ3v) is 4.80. The van der Waals surface area contributed by atoms with E-state index in [1.54, 1.807) is 17.3 Å². The number of aromatic amines is 1. The first-order valence-corrected chi connectivity index (χ1v) is 7.84. The Bertz CT molecular complexity index is 769. The molecule has 0 spiro atoms. The minimum Gasteiger partial charge on any atom is -0.311 e. The van der Waals surface area contributed by atoms with E-state index in [0.29, 0.717) is 13.1 Å². The smallest absolute Gasteiger partial charge is 0.232 e. The maximum atomic E-state index is 12.9. The van der Waals surface area contributed by atoms with Crippen LogP contribution in [0.25, 0.3) is 0 Å². The average Bonchev–Trinajstić information content (AvgIpc) is 3.25. The predicted octanol–water partition coefficient (Wildman–Crippen LogP) is 1.66. The van der Waals surface area contributed by atoms with Crippen LogP contribution in [0, 0.1) is 12.8 Å². The van der Waals surface area contributed by atoms with Gasteiger partial charge in [0.25, 0.3) is 0 Å². The van der Waals surface area contributed by atoms with E-state index in [0.717, 1.165) is 17.8 Å². The second-order valence-corrected chi connectivity index (χ2v) is 6.17. The van der Waals surface area contributed by atoms with E-state index in [1.807, 2.05) is 17.0 Å². The van der Waals surface area contributed by atoms with E-state index in [1.165, 1.54) is 11.1 Å². The third kappa shape index (κ3) is 2.21. The van der Waals surface area contributed by atoms with Crippen molar-refractivity contribution < 1.29 is 9.59 Å². The van der Waals surface area contributed by atoms with Crippen molar-refractivity contribution in [2.45, 2.75) is 19.8 Å². The summed E-state index contributed by atoms with van der Waals surface area (Å²) >= 11 is 0. The van der Waals surface area contributed by atoms with Gasteiger partial charge in [-0.1, -0.05) is 12.1 Å². The Kier molecular flexibility index (Phi) is 3.18. The summed E-state index contributed by atoms with van der Waals surface area (Å²) in [6.07, 6.45) is 4.44. The number of carbonyl (C=O) groups excluding carboxylic acids is 2. The van der Waals surface area contributed by atoms with Crippen molar-refractivity contribution in [1.29, 1.82) is 0 Å². The molecule has 0 saturated carbocycles. The van der Waals surface area contributed by atoms with Gasteiger partial charge in [0.05, 0.1) is 17.8 Å². The molecule has 4 rings (SSSR count). The molecule has 3 heterocycles. The summed E-state index contributed by atoms with van der Waals surface area (Å²) < 4.78 is 0. The molecule has 6 nitrogen and oxygen atoms in total. The monoisotopic (exact) mass is 310 g/mol. The molecule has 0 bridgehead atoms. The molecule has 0 radical (unpaired) electrons. The van der Waals surface area contributed by atoms with Gasteiger partial charge in [-0.05, 0) is 30.5 Å². The molecule has 1 saturated heterocycles. The van der Waals surface area contributed by atoms with Crippen LogP contribution in [0.5, 0.6) is 0 Å². The number of fused-ring (bicyclic) bond motifs is 1. The number of aromatic nitrogens is 2. The van der Waals surface area contributed by atoms with Crippen molar-refractivity contribution in [3.05, 3.63) is 41.7 Å². The van der Waals surface area contributed by atoms with Crippen LogP contribution in [0.1, 0.15) is 17.5 Å². The summed E-state index contributed by atoms with van der Waals surface area (Å²) in [6, 6.07) is 6.06. The lowest BCUT2D eigenvalue weighted by Gasteiger charge is -2.21. The number of nitrogens with one attached hydrogen (secondary N) is 1. The molecule has 2 aliphatic heterocycles. The number of carbonyl (C=O) groups is 2. The lowest BCUT2D eigenvalue weighted by molar-refractivity contribution is -0.124. The summed E-state index contributed by atoms with van der Waals surface area (Å²) in [4.78, 5) is 28.6. The zero-order valence-electron chi connectivity index (χ0n) is 13.0. The van der Waals surface area contributed by atoms with Crippen molar-refractivity contribution >= 4 is 23.2 Å². The molecule has 2 aliphatic rings. The SMILES string of the molecule is Cc1cccc2c1CCN2C(=O)C1CC(=O)N(c2cn[nH]c2)C1. The largest absolute Gasteiger partial charge is 0.311 e. The summed E-state index contributed by atoms with van der Waals surface area (Å²) in [7, 11) is 0. The Labute approximate surface area is 134 Å². The first-order valence-electron chi connectivity index (χ1n) is 7.84. The molecule has 2 aromatic rings. The fourth-order valence-electron chi connectivity index (χ4n) is 3.57. The van der Waals surface area contributed by atoms with Gasteiger partial charge in [0, 0.05) is 31.4 Å². The van der Waals surface area contributed by atoms with Crippen LogP contribution in [0.3, 0.4) is 0 Å². The van der Waals surface area contributed by atoms with E-state index >= 15 is 0 Å². The van der Waals surface area contributed by atoms with Gasteiger partial charge >= 0.3 is 0 Å². The molecule has 0 aliphatic carbocycles. The van der Waals surface area contributed by atoms with Gasteiger partial charge in [0.2, 0.25) is 11.8 Å².